The Morgan fingerprint density at radius 3 is 2.22 bits per heavy atom. The second kappa shape index (κ2) is 10.7. The maximum atomic E-state index is 13.5. The van der Waals surface area contributed by atoms with Gasteiger partial charge in [0.15, 0.2) is 0 Å². The summed E-state index contributed by atoms with van der Waals surface area (Å²) in [5.74, 6) is -0.315. The Morgan fingerprint density at radius 2 is 1.68 bits per heavy atom. The Bertz CT molecular complexity index is 1280. The lowest BCUT2D eigenvalue weighted by Crippen LogP contribution is -2.40. The second-order valence-corrected chi connectivity index (χ2v) is 12.0. The van der Waals surface area contributed by atoms with Gasteiger partial charge in [-0.05, 0) is 65.2 Å². The molecule has 3 rings (SSSR count). The van der Waals surface area contributed by atoms with Gasteiger partial charge in [0, 0.05) is 18.2 Å². The predicted molar refractivity (Wildman–Crippen MR) is 139 cm³/mol. The zero-order chi connectivity index (χ0) is 27.7. The first-order chi connectivity index (χ1) is 17.2. The van der Waals surface area contributed by atoms with E-state index in [9.17, 15) is 18.0 Å². The van der Waals surface area contributed by atoms with Crippen molar-refractivity contribution in [2.45, 2.75) is 70.5 Å². The van der Waals surface area contributed by atoms with Crippen molar-refractivity contribution in [1.29, 1.82) is 0 Å². The van der Waals surface area contributed by atoms with Crippen molar-refractivity contribution in [2.75, 3.05) is 20.8 Å². The summed E-state index contributed by atoms with van der Waals surface area (Å²) in [5, 5.41) is 0. The number of amides is 1. The molecule has 0 spiro atoms. The minimum Gasteiger partial charge on any atom is -0.495 e. The van der Waals surface area contributed by atoms with Crippen molar-refractivity contribution in [3.05, 3.63) is 58.1 Å². The molecule has 1 fully saturated rings. The van der Waals surface area contributed by atoms with Gasteiger partial charge in [-0.25, -0.2) is 22.7 Å². The number of likely N-dealkylation sites (tertiary alicyclic amines) is 1. The van der Waals surface area contributed by atoms with Crippen molar-refractivity contribution in [2.24, 2.45) is 0 Å². The number of hydrogen-bond donors (Lipinski definition) is 1. The van der Waals surface area contributed by atoms with Crippen LogP contribution in [0.3, 0.4) is 0 Å². The molecule has 0 unspecified atom stereocenters. The monoisotopic (exact) mass is 532 g/mol. The van der Waals surface area contributed by atoms with E-state index in [-0.39, 0.29) is 29.2 Å². The SMILES string of the molecule is COC(=O)c1cccc([C@@H]2C[C@H](NS(=O)(=O)c3c(C)cc(C)cc3C)CN2C(=O)OC(C)(C)C)c1OC. The number of nitrogens with one attached hydrogen (secondary N) is 1. The first-order valence-corrected chi connectivity index (χ1v) is 13.5. The molecule has 1 heterocycles. The Balaban J connectivity index is 2.02. The number of ether oxygens (including phenoxy) is 3. The van der Waals surface area contributed by atoms with E-state index in [0.29, 0.717) is 16.7 Å². The minimum atomic E-state index is -3.89. The lowest BCUT2D eigenvalue weighted by atomic mass is 9.99. The number of hydrogen-bond acceptors (Lipinski definition) is 7. The number of carbonyl (C=O) groups excluding carboxylic acids is 2. The van der Waals surface area contributed by atoms with Crippen LogP contribution in [0.15, 0.2) is 35.2 Å². The van der Waals surface area contributed by atoms with Crippen LogP contribution in [-0.2, 0) is 19.5 Å². The first kappa shape index (κ1) is 28.5. The average molecular weight is 533 g/mol. The third-order valence-electron chi connectivity index (χ3n) is 6.14. The average Bonchev–Trinajstić information content (AvgIpc) is 3.18. The number of benzene rings is 2. The molecule has 1 aliphatic heterocycles. The fraction of sp³-hybridized carbons (Fsp3) is 0.481. The number of aryl methyl sites for hydroxylation is 3. The smallest absolute Gasteiger partial charge is 0.410 e. The van der Waals surface area contributed by atoms with E-state index in [0.717, 1.165) is 5.56 Å². The van der Waals surface area contributed by atoms with Crippen molar-refractivity contribution < 1.29 is 32.2 Å². The fourth-order valence-electron chi connectivity index (χ4n) is 4.92. The van der Waals surface area contributed by atoms with Gasteiger partial charge in [-0.3, -0.25) is 4.90 Å². The summed E-state index contributed by atoms with van der Waals surface area (Å²) in [6, 6.07) is 7.44. The molecule has 37 heavy (non-hydrogen) atoms. The Hall–Kier alpha value is -3.11. The number of carbonyl (C=O) groups is 2. The third kappa shape index (κ3) is 6.24. The third-order valence-corrected chi connectivity index (χ3v) is 7.96. The first-order valence-electron chi connectivity index (χ1n) is 12.0. The zero-order valence-electron chi connectivity index (χ0n) is 22.7. The van der Waals surface area contributed by atoms with E-state index in [1.807, 2.05) is 19.1 Å². The highest BCUT2D eigenvalue weighted by atomic mass is 32.2. The largest absolute Gasteiger partial charge is 0.495 e. The maximum absolute atomic E-state index is 13.5. The lowest BCUT2D eigenvalue weighted by molar-refractivity contribution is 0.0220. The summed E-state index contributed by atoms with van der Waals surface area (Å²) in [6.07, 6.45) is -0.337. The fourth-order valence-corrected chi connectivity index (χ4v) is 6.62. The minimum absolute atomic E-state index is 0.0778. The van der Waals surface area contributed by atoms with Gasteiger partial charge in [0.1, 0.15) is 16.9 Å². The molecule has 1 amide bonds. The summed E-state index contributed by atoms with van der Waals surface area (Å²) < 4.78 is 45.8. The Morgan fingerprint density at radius 1 is 1.05 bits per heavy atom. The van der Waals surface area contributed by atoms with Gasteiger partial charge in [0.2, 0.25) is 10.0 Å². The van der Waals surface area contributed by atoms with Crippen molar-refractivity contribution in [1.82, 2.24) is 9.62 Å². The van der Waals surface area contributed by atoms with E-state index in [1.54, 1.807) is 52.8 Å². The highest BCUT2D eigenvalue weighted by Crippen LogP contribution is 2.40. The van der Waals surface area contributed by atoms with Crippen molar-refractivity contribution in [3.63, 3.8) is 0 Å². The second-order valence-electron chi connectivity index (χ2n) is 10.3. The number of nitrogens with zero attached hydrogens (tertiary/aromatic N) is 1. The number of rotatable bonds is 6. The van der Waals surface area contributed by atoms with Crippen LogP contribution in [0.4, 0.5) is 4.79 Å². The van der Waals surface area contributed by atoms with Crippen LogP contribution >= 0.6 is 0 Å². The summed E-state index contributed by atoms with van der Waals surface area (Å²) in [7, 11) is -1.18. The molecule has 202 valence electrons. The van der Waals surface area contributed by atoms with Gasteiger partial charge in [-0.1, -0.05) is 29.8 Å². The van der Waals surface area contributed by atoms with Gasteiger partial charge < -0.3 is 14.2 Å². The summed E-state index contributed by atoms with van der Waals surface area (Å²) in [5.41, 5.74) is 2.28. The van der Waals surface area contributed by atoms with Crippen LogP contribution in [0.1, 0.15) is 65.8 Å². The van der Waals surface area contributed by atoms with Crippen molar-refractivity contribution >= 4 is 22.1 Å². The highest BCUT2D eigenvalue weighted by molar-refractivity contribution is 7.89. The zero-order valence-corrected chi connectivity index (χ0v) is 23.5. The van der Waals surface area contributed by atoms with Crippen LogP contribution in [0.5, 0.6) is 5.75 Å². The summed E-state index contributed by atoms with van der Waals surface area (Å²) in [6.45, 7) is 10.8. The molecule has 0 aliphatic carbocycles. The molecule has 1 aliphatic rings. The normalized spacial score (nSPS) is 18.0. The molecular formula is C27H36N2O7S. The quantitative estimate of drug-likeness (QED) is 0.548. The van der Waals surface area contributed by atoms with Gasteiger partial charge in [-0.2, -0.15) is 0 Å². The number of methoxy groups -OCH3 is 2. The van der Waals surface area contributed by atoms with E-state index in [4.69, 9.17) is 14.2 Å². The summed E-state index contributed by atoms with van der Waals surface area (Å²) in [4.78, 5) is 27.3. The van der Waals surface area contributed by atoms with Gasteiger partial charge in [0.25, 0.3) is 0 Å². The molecule has 2 atom stereocenters. The van der Waals surface area contributed by atoms with Crippen LogP contribution in [0, 0.1) is 20.8 Å². The molecule has 9 nitrogen and oxygen atoms in total. The van der Waals surface area contributed by atoms with E-state index < -0.39 is 39.8 Å². The predicted octanol–water partition coefficient (Wildman–Crippen LogP) is 4.44. The Labute approximate surface area is 219 Å². The molecule has 0 bridgehead atoms. The van der Waals surface area contributed by atoms with Crippen LogP contribution < -0.4 is 9.46 Å². The van der Waals surface area contributed by atoms with Gasteiger partial charge >= 0.3 is 12.1 Å². The summed E-state index contributed by atoms with van der Waals surface area (Å²) >= 11 is 0. The van der Waals surface area contributed by atoms with E-state index in [1.165, 1.54) is 19.1 Å². The highest BCUT2D eigenvalue weighted by Gasteiger charge is 2.42. The van der Waals surface area contributed by atoms with Crippen LogP contribution in [-0.4, -0.2) is 57.8 Å². The molecule has 0 radical (unpaired) electrons. The number of esters is 1. The van der Waals surface area contributed by atoms with E-state index in [2.05, 4.69) is 4.72 Å². The molecule has 2 aromatic rings. The molecule has 1 saturated heterocycles. The standard InChI is InChI=1S/C27H36N2O7S/c1-16-12-17(2)24(18(3)13-16)37(32,33)28-19-14-22(29(15-19)26(31)36-27(4,5)6)20-10-9-11-21(23(20)34-7)25(30)35-8/h9-13,19,22,28H,14-15H2,1-8H3/t19-,22-/m0/s1. The lowest BCUT2D eigenvalue weighted by Gasteiger charge is -2.29. The Kier molecular flexibility index (Phi) is 8.24. The van der Waals surface area contributed by atoms with E-state index >= 15 is 0 Å². The number of para-hydroxylation sites is 1. The van der Waals surface area contributed by atoms with Crippen molar-refractivity contribution in [3.8, 4) is 5.75 Å². The maximum Gasteiger partial charge on any atom is 0.410 e. The van der Waals surface area contributed by atoms with Crippen LogP contribution in [0.2, 0.25) is 0 Å². The topological polar surface area (TPSA) is 111 Å². The van der Waals surface area contributed by atoms with Gasteiger partial charge in [0.05, 0.1) is 25.2 Å². The van der Waals surface area contributed by atoms with Gasteiger partial charge in [-0.15, -0.1) is 0 Å². The molecule has 2 aromatic carbocycles. The number of sulfonamides is 1. The molecule has 0 saturated carbocycles. The molecular weight excluding hydrogens is 496 g/mol. The molecule has 0 aromatic heterocycles. The van der Waals surface area contributed by atoms with Crippen LogP contribution in [0.25, 0.3) is 0 Å². The molecule has 1 N–H and O–H groups in total. The molecule has 10 heteroatoms.